The van der Waals surface area contributed by atoms with Crippen molar-refractivity contribution in [1.29, 1.82) is 0 Å². The molecule has 21 heavy (non-hydrogen) atoms. The van der Waals surface area contributed by atoms with Crippen LogP contribution in [0, 0.1) is 5.92 Å². The Kier molecular flexibility index (Phi) is 9.07. The van der Waals surface area contributed by atoms with Crippen molar-refractivity contribution in [2.45, 2.75) is 72.4 Å². The molecule has 0 spiro atoms. The second-order valence-corrected chi connectivity index (χ2v) is 6.29. The van der Waals surface area contributed by atoms with Gasteiger partial charge in [-0.1, -0.05) is 40.0 Å². The van der Waals surface area contributed by atoms with Crippen LogP contribution in [-0.2, 0) is 6.54 Å². The van der Waals surface area contributed by atoms with E-state index in [-0.39, 0.29) is 6.10 Å². The van der Waals surface area contributed by atoms with Gasteiger partial charge in [0.2, 0.25) is 0 Å². The third-order valence-corrected chi connectivity index (χ3v) is 3.52. The van der Waals surface area contributed by atoms with Gasteiger partial charge in [0, 0.05) is 24.5 Å². The number of unbranched alkanes of at least 4 members (excludes halogenated alkanes) is 3. The molecule has 3 nitrogen and oxygen atoms in total. The molecule has 1 rings (SSSR count). The van der Waals surface area contributed by atoms with Crippen molar-refractivity contribution in [3.8, 4) is 5.75 Å². The highest BCUT2D eigenvalue weighted by Crippen LogP contribution is 2.20. The van der Waals surface area contributed by atoms with Crippen LogP contribution in [0.5, 0.6) is 5.75 Å². The second kappa shape index (κ2) is 10.6. The van der Waals surface area contributed by atoms with E-state index in [1.54, 1.807) is 0 Å². The Bertz CT molecular complexity index is 379. The van der Waals surface area contributed by atoms with Gasteiger partial charge in [-0.3, -0.25) is 4.98 Å². The smallest absolute Gasteiger partial charge is 0.127 e. The van der Waals surface area contributed by atoms with Gasteiger partial charge in [0.15, 0.2) is 0 Å². The summed E-state index contributed by atoms with van der Waals surface area (Å²) in [5.41, 5.74) is 1.15. The predicted molar refractivity (Wildman–Crippen MR) is 89.6 cm³/mol. The molecule has 1 unspecified atom stereocenters. The number of nitrogens with zero attached hydrogens (tertiary/aromatic N) is 1. The van der Waals surface area contributed by atoms with E-state index in [9.17, 15) is 0 Å². The lowest BCUT2D eigenvalue weighted by atomic mass is 10.1. The maximum absolute atomic E-state index is 6.10. The lowest BCUT2D eigenvalue weighted by Crippen LogP contribution is -2.20. The van der Waals surface area contributed by atoms with E-state index >= 15 is 0 Å². The minimum absolute atomic E-state index is 0.271. The summed E-state index contributed by atoms with van der Waals surface area (Å²) in [6.07, 6.45) is 10.3. The van der Waals surface area contributed by atoms with Crippen LogP contribution in [-0.4, -0.2) is 17.6 Å². The Hall–Kier alpha value is -1.09. The zero-order valence-corrected chi connectivity index (χ0v) is 14.2. The number of hydrogen-bond donors (Lipinski definition) is 1. The topological polar surface area (TPSA) is 34.1 Å². The summed E-state index contributed by atoms with van der Waals surface area (Å²) >= 11 is 0. The van der Waals surface area contributed by atoms with Crippen molar-refractivity contribution in [2.24, 2.45) is 5.92 Å². The first-order chi connectivity index (χ1) is 10.1. The average Bonchev–Trinajstić information content (AvgIpc) is 2.45. The van der Waals surface area contributed by atoms with Crippen molar-refractivity contribution < 1.29 is 4.74 Å². The van der Waals surface area contributed by atoms with E-state index in [1.165, 1.54) is 25.7 Å². The van der Waals surface area contributed by atoms with Crippen LogP contribution in [0.15, 0.2) is 18.5 Å². The number of nitrogens with one attached hydrogen (secondary N) is 1. The van der Waals surface area contributed by atoms with E-state index in [4.69, 9.17) is 4.74 Å². The molecule has 3 heteroatoms. The van der Waals surface area contributed by atoms with Gasteiger partial charge < -0.3 is 10.1 Å². The Balaban J connectivity index is 2.42. The van der Waals surface area contributed by atoms with Gasteiger partial charge in [0.25, 0.3) is 0 Å². The zero-order chi connectivity index (χ0) is 15.5. The summed E-state index contributed by atoms with van der Waals surface area (Å²) in [6, 6.07) is 1.98. The highest BCUT2D eigenvalue weighted by atomic mass is 16.5. The Morgan fingerprint density at radius 2 is 2.00 bits per heavy atom. The largest absolute Gasteiger partial charge is 0.490 e. The lowest BCUT2D eigenvalue weighted by Gasteiger charge is -2.17. The first-order valence-corrected chi connectivity index (χ1v) is 8.43. The van der Waals surface area contributed by atoms with E-state index in [2.05, 4.69) is 38.0 Å². The van der Waals surface area contributed by atoms with E-state index in [0.29, 0.717) is 5.92 Å². The van der Waals surface area contributed by atoms with Gasteiger partial charge >= 0.3 is 0 Å². The molecule has 0 saturated heterocycles. The van der Waals surface area contributed by atoms with Crippen molar-refractivity contribution >= 4 is 0 Å². The molecule has 1 aromatic rings. The van der Waals surface area contributed by atoms with Crippen molar-refractivity contribution in [3.63, 3.8) is 0 Å². The number of aromatic nitrogens is 1. The zero-order valence-electron chi connectivity index (χ0n) is 14.2. The molecule has 1 atom stereocenters. The van der Waals surface area contributed by atoms with E-state index in [0.717, 1.165) is 30.8 Å². The molecule has 120 valence electrons. The molecule has 1 heterocycles. The van der Waals surface area contributed by atoms with Gasteiger partial charge in [0.1, 0.15) is 5.75 Å². The molecule has 0 aliphatic rings. The van der Waals surface area contributed by atoms with Crippen molar-refractivity contribution in [3.05, 3.63) is 24.0 Å². The number of rotatable bonds is 11. The minimum Gasteiger partial charge on any atom is -0.490 e. The molecule has 0 aromatic carbocycles. The van der Waals surface area contributed by atoms with Crippen LogP contribution in [0.25, 0.3) is 0 Å². The molecule has 0 bridgehead atoms. The van der Waals surface area contributed by atoms with E-state index < -0.39 is 0 Å². The molecule has 1 N–H and O–H groups in total. The van der Waals surface area contributed by atoms with E-state index in [1.807, 2.05) is 18.5 Å². The molecular weight excluding hydrogens is 260 g/mol. The molecule has 1 aromatic heterocycles. The highest BCUT2D eigenvalue weighted by molar-refractivity contribution is 5.30. The van der Waals surface area contributed by atoms with Gasteiger partial charge in [-0.15, -0.1) is 0 Å². The third kappa shape index (κ3) is 8.05. The van der Waals surface area contributed by atoms with Gasteiger partial charge in [-0.25, -0.2) is 0 Å². The number of pyridine rings is 1. The summed E-state index contributed by atoms with van der Waals surface area (Å²) in [6.45, 7) is 10.7. The third-order valence-electron chi connectivity index (χ3n) is 3.52. The number of hydrogen-bond acceptors (Lipinski definition) is 3. The van der Waals surface area contributed by atoms with Gasteiger partial charge in [0.05, 0.1) is 6.10 Å². The Morgan fingerprint density at radius 3 is 2.71 bits per heavy atom. The Morgan fingerprint density at radius 1 is 1.19 bits per heavy atom. The number of ether oxygens (including phenoxy) is 1. The average molecular weight is 292 g/mol. The monoisotopic (exact) mass is 292 g/mol. The standard InChI is InChI=1S/C18H32N2O/c1-5-6-7-8-9-16(4)21-18-10-11-19-13-17(18)14-20-12-15(2)3/h10-11,13,15-16,20H,5-9,12,14H2,1-4H3. The van der Waals surface area contributed by atoms with Crippen molar-refractivity contribution in [2.75, 3.05) is 6.54 Å². The molecule has 0 aliphatic carbocycles. The quantitative estimate of drug-likeness (QED) is 0.607. The summed E-state index contributed by atoms with van der Waals surface area (Å²) in [5, 5.41) is 3.45. The van der Waals surface area contributed by atoms with Crippen LogP contribution in [0.3, 0.4) is 0 Å². The molecule has 0 aliphatic heterocycles. The minimum atomic E-state index is 0.271. The maximum Gasteiger partial charge on any atom is 0.127 e. The maximum atomic E-state index is 6.10. The van der Waals surface area contributed by atoms with Crippen LogP contribution < -0.4 is 10.1 Å². The Labute approximate surface area is 130 Å². The van der Waals surface area contributed by atoms with Crippen LogP contribution in [0.4, 0.5) is 0 Å². The summed E-state index contributed by atoms with van der Waals surface area (Å²) in [7, 11) is 0. The fraction of sp³-hybridized carbons (Fsp3) is 0.722. The molecular formula is C18H32N2O. The first-order valence-electron chi connectivity index (χ1n) is 8.43. The lowest BCUT2D eigenvalue weighted by molar-refractivity contribution is 0.204. The second-order valence-electron chi connectivity index (χ2n) is 6.29. The first kappa shape index (κ1) is 18.0. The molecule has 0 amide bonds. The molecule has 0 saturated carbocycles. The van der Waals surface area contributed by atoms with Crippen LogP contribution in [0.1, 0.15) is 65.4 Å². The highest BCUT2D eigenvalue weighted by Gasteiger charge is 2.08. The van der Waals surface area contributed by atoms with Gasteiger partial charge in [-0.05, 0) is 38.3 Å². The summed E-state index contributed by atoms with van der Waals surface area (Å²) < 4.78 is 6.10. The van der Waals surface area contributed by atoms with Crippen LogP contribution in [0.2, 0.25) is 0 Å². The summed E-state index contributed by atoms with van der Waals surface area (Å²) in [5.74, 6) is 1.63. The predicted octanol–water partition coefficient (Wildman–Crippen LogP) is 4.56. The molecule has 0 fully saturated rings. The molecule has 0 radical (unpaired) electrons. The summed E-state index contributed by atoms with van der Waals surface area (Å²) in [4.78, 5) is 4.22. The SMILES string of the molecule is CCCCCCC(C)Oc1ccncc1CNCC(C)C. The fourth-order valence-electron chi connectivity index (χ4n) is 2.29. The fourth-order valence-corrected chi connectivity index (χ4v) is 2.29. The van der Waals surface area contributed by atoms with Crippen LogP contribution >= 0.6 is 0 Å². The van der Waals surface area contributed by atoms with Gasteiger partial charge in [-0.2, -0.15) is 0 Å². The van der Waals surface area contributed by atoms with Crippen molar-refractivity contribution in [1.82, 2.24) is 10.3 Å². The normalized spacial score (nSPS) is 12.6.